The second kappa shape index (κ2) is 6.53. The number of carbonyl (C=O) groups excluding carboxylic acids is 2. The molecule has 0 radical (unpaired) electrons. The lowest BCUT2D eigenvalue weighted by Gasteiger charge is -2.27. The Bertz CT molecular complexity index is 271. The van der Waals surface area contributed by atoms with Gasteiger partial charge in [0, 0.05) is 20.8 Å². The van der Waals surface area contributed by atoms with Crippen molar-refractivity contribution in [3.05, 3.63) is 0 Å². The molecule has 0 aromatic heterocycles. The van der Waals surface area contributed by atoms with E-state index in [9.17, 15) is 9.59 Å². The predicted molar refractivity (Wildman–Crippen MR) is 60.2 cm³/mol. The molecule has 17 heavy (non-hydrogen) atoms. The van der Waals surface area contributed by atoms with Crippen LogP contribution in [0.2, 0.25) is 0 Å². The highest BCUT2D eigenvalue weighted by atomic mass is 16.7. The van der Waals surface area contributed by atoms with E-state index in [-0.39, 0.29) is 24.4 Å². The first-order chi connectivity index (χ1) is 8.08. The summed E-state index contributed by atoms with van der Waals surface area (Å²) in [4.78, 5) is 22.7. The first kappa shape index (κ1) is 13.9. The van der Waals surface area contributed by atoms with E-state index in [0.717, 1.165) is 0 Å². The van der Waals surface area contributed by atoms with Crippen LogP contribution in [0.4, 0.5) is 0 Å². The molecule has 1 aliphatic heterocycles. The molecule has 1 saturated heterocycles. The zero-order valence-electron chi connectivity index (χ0n) is 10.3. The number of nitrogens with one attached hydrogen (secondary N) is 3. The van der Waals surface area contributed by atoms with E-state index in [0.29, 0.717) is 6.54 Å². The maximum atomic E-state index is 11.8. The van der Waals surface area contributed by atoms with Crippen molar-refractivity contribution in [3.63, 3.8) is 0 Å². The van der Waals surface area contributed by atoms with Crippen molar-refractivity contribution in [2.75, 3.05) is 27.3 Å². The summed E-state index contributed by atoms with van der Waals surface area (Å²) < 4.78 is 10.1. The summed E-state index contributed by atoms with van der Waals surface area (Å²) in [5.41, 5.74) is 0. The molecule has 1 rings (SSSR count). The summed E-state index contributed by atoms with van der Waals surface area (Å²) in [6.07, 6.45) is -0.489. The molecular weight excluding hydrogens is 226 g/mol. The third-order valence-corrected chi connectivity index (χ3v) is 2.57. The molecule has 0 aliphatic carbocycles. The van der Waals surface area contributed by atoms with E-state index in [1.807, 2.05) is 0 Å². The summed E-state index contributed by atoms with van der Waals surface area (Å²) >= 11 is 0. The second-order valence-electron chi connectivity index (χ2n) is 3.87. The van der Waals surface area contributed by atoms with Crippen LogP contribution in [-0.2, 0) is 19.1 Å². The number of hydrogen-bond donors (Lipinski definition) is 3. The fourth-order valence-corrected chi connectivity index (χ4v) is 1.65. The van der Waals surface area contributed by atoms with Crippen molar-refractivity contribution in [2.45, 2.75) is 25.3 Å². The first-order valence-electron chi connectivity index (χ1n) is 5.44. The summed E-state index contributed by atoms with van der Waals surface area (Å²) in [5, 5.41) is 8.23. The molecule has 98 valence electrons. The Hall–Kier alpha value is -1.18. The van der Waals surface area contributed by atoms with Gasteiger partial charge < -0.3 is 20.1 Å². The molecule has 0 saturated carbocycles. The zero-order chi connectivity index (χ0) is 12.8. The van der Waals surface area contributed by atoms with Gasteiger partial charge in [-0.15, -0.1) is 0 Å². The number of methoxy groups -OCH3 is 2. The van der Waals surface area contributed by atoms with Crippen molar-refractivity contribution in [3.8, 4) is 0 Å². The van der Waals surface area contributed by atoms with Gasteiger partial charge in [0.05, 0.1) is 12.6 Å². The van der Waals surface area contributed by atoms with E-state index >= 15 is 0 Å². The third-order valence-electron chi connectivity index (χ3n) is 2.57. The second-order valence-corrected chi connectivity index (χ2v) is 3.87. The van der Waals surface area contributed by atoms with Crippen LogP contribution < -0.4 is 16.0 Å². The minimum absolute atomic E-state index is 0.103. The summed E-state index contributed by atoms with van der Waals surface area (Å²) in [6.45, 7) is 2.24. The van der Waals surface area contributed by atoms with E-state index in [1.54, 1.807) is 6.92 Å². The standard InChI is InChI=1S/C10H19N3O4/c1-6(10(16-2)17-3)13-9(15)7-4-12-8(14)5-11-7/h6-7,10-11H,4-5H2,1-3H3,(H,12,14)(H,13,15). The molecule has 0 spiro atoms. The van der Waals surface area contributed by atoms with Gasteiger partial charge in [0.25, 0.3) is 0 Å². The highest BCUT2D eigenvalue weighted by Gasteiger charge is 2.26. The molecule has 2 atom stereocenters. The molecule has 0 aromatic rings. The maximum absolute atomic E-state index is 11.8. The van der Waals surface area contributed by atoms with Gasteiger partial charge in [0.15, 0.2) is 6.29 Å². The lowest BCUT2D eigenvalue weighted by molar-refractivity contribution is -0.138. The maximum Gasteiger partial charge on any atom is 0.239 e. The topological polar surface area (TPSA) is 88.7 Å². The SMILES string of the molecule is COC(OC)C(C)NC(=O)C1CNC(=O)CN1. The van der Waals surface area contributed by atoms with Crippen molar-refractivity contribution in [1.82, 2.24) is 16.0 Å². The molecule has 2 unspecified atom stereocenters. The van der Waals surface area contributed by atoms with E-state index in [2.05, 4.69) is 16.0 Å². The molecule has 2 amide bonds. The van der Waals surface area contributed by atoms with Crippen molar-refractivity contribution in [1.29, 1.82) is 0 Å². The summed E-state index contributed by atoms with van der Waals surface area (Å²) in [6, 6.07) is -0.679. The van der Waals surface area contributed by atoms with Crippen LogP contribution in [-0.4, -0.2) is 57.5 Å². The van der Waals surface area contributed by atoms with Crippen molar-refractivity contribution < 1.29 is 19.1 Å². The van der Waals surface area contributed by atoms with Gasteiger partial charge in [-0.2, -0.15) is 0 Å². The predicted octanol–water partition coefficient (Wildman–Crippen LogP) is -1.80. The molecule has 0 aromatic carbocycles. The highest BCUT2D eigenvalue weighted by molar-refractivity contribution is 5.86. The van der Waals surface area contributed by atoms with Gasteiger partial charge in [0.2, 0.25) is 11.8 Å². The van der Waals surface area contributed by atoms with Gasteiger partial charge in [-0.3, -0.25) is 14.9 Å². The zero-order valence-corrected chi connectivity index (χ0v) is 10.3. The van der Waals surface area contributed by atoms with Crippen LogP contribution >= 0.6 is 0 Å². The van der Waals surface area contributed by atoms with Crippen LogP contribution in [0.15, 0.2) is 0 Å². The molecule has 7 nitrogen and oxygen atoms in total. The summed E-state index contributed by atoms with van der Waals surface area (Å²) in [5.74, 6) is -0.287. The Labute approximate surface area is 100 Å². The van der Waals surface area contributed by atoms with Gasteiger partial charge in [-0.05, 0) is 6.92 Å². The third kappa shape index (κ3) is 3.95. The molecule has 7 heteroatoms. The van der Waals surface area contributed by atoms with Gasteiger partial charge in [-0.1, -0.05) is 0 Å². The fraction of sp³-hybridized carbons (Fsp3) is 0.800. The van der Waals surface area contributed by atoms with Crippen LogP contribution in [0.3, 0.4) is 0 Å². The normalized spacial score (nSPS) is 22.1. The average Bonchev–Trinajstić information content (AvgIpc) is 2.31. The largest absolute Gasteiger partial charge is 0.354 e. The number of amides is 2. The van der Waals surface area contributed by atoms with Crippen LogP contribution in [0.25, 0.3) is 0 Å². The smallest absolute Gasteiger partial charge is 0.239 e. The van der Waals surface area contributed by atoms with Crippen LogP contribution in [0.1, 0.15) is 6.92 Å². The molecule has 3 N–H and O–H groups in total. The lowest BCUT2D eigenvalue weighted by atomic mass is 10.2. The number of ether oxygens (including phenoxy) is 2. The van der Waals surface area contributed by atoms with Gasteiger partial charge >= 0.3 is 0 Å². The van der Waals surface area contributed by atoms with E-state index in [4.69, 9.17) is 9.47 Å². The van der Waals surface area contributed by atoms with Crippen LogP contribution in [0.5, 0.6) is 0 Å². The minimum Gasteiger partial charge on any atom is -0.354 e. The Morgan fingerprint density at radius 2 is 2.12 bits per heavy atom. The van der Waals surface area contributed by atoms with Crippen LogP contribution in [0, 0.1) is 0 Å². The highest BCUT2D eigenvalue weighted by Crippen LogP contribution is 1.99. The molecule has 0 bridgehead atoms. The van der Waals surface area contributed by atoms with E-state index in [1.165, 1.54) is 14.2 Å². The van der Waals surface area contributed by atoms with Gasteiger partial charge in [-0.25, -0.2) is 0 Å². The quantitative estimate of drug-likeness (QED) is 0.497. The number of carbonyl (C=O) groups is 2. The number of hydrogen-bond acceptors (Lipinski definition) is 5. The van der Waals surface area contributed by atoms with E-state index < -0.39 is 12.3 Å². The molecule has 1 fully saturated rings. The molecular formula is C10H19N3O4. The summed E-state index contributed by atoms with van der Waals surface area (Å²) in [7, 11) is 3.02. The minimum atomic E-state index is -0.489. The lowest BCUT2D eigenvalue weighted by Crippen LogP contribution is -2.59. The Morgan fingerprint density at radius 1 is 1.47 bits per heavy atom. The Morgan fingerprint density at radius 3 is 2.59 bits per heavy atom. The molecule has 1 aliphatic rings. The Kier molecular flexibility index (Phi) is 5.33. The Balaban J connectivity index is 2.40. The van der Waals surface area contributed by atoms with Gasteiger partial charge in [0.1, 0.15) is 6.04 Å². The molecule has 1 heterocycles. The fourth-order valence-electron chi connectivity index (χ4n) is 1.65. The van der Waals surface area contributed by atoms with Crippen molar-refractivity contribution >= 4 is 11.8 Å². The average molecular weight is 245 g/mol. The first-order valence-corrected chi connectivity index (χ1v) is 5.44. The number of rotatable bonds is 5. The monoisotopic (exact) mass is 245 g/mol. The van der Waals surface area contributed by atoms with Crippen molar-refractivity contribution in [2.24, 2.45) is 0 Å². The number of piperazine rings is 1.